The summed E-state index contributed by atoms with van der Waals surface area (Å²) in [7, 11) is 0. The van der Waals surface area contributed by atoms with Gasteiger partial charge < -0.3 is 5.32 Å². The van der Waals surface area contributed by atoms with Crippen molar-refractivity contribution >= 4 is 39.8 Å². The largest absolute Gasteiger partial charge is 0.360 e. The van der Waals surface area contributed by atoms with Crippen LogP contribution in [-0.4, -0.2) is 22.5 Å². The normalized spacial score (nSPS) is 18.3. The molecular formula is C12H16ClN3S2. The number of halogens is 1. The molecule has 0 radical (unpaired) electrons. The zero-order valence-corrected chi connectivity index (χ0v) is 12.7. The third-order valence-electron chi connectivity index (χ3n) is 3.45. The first-order valence-corrected chi connectivity index (χ1v) is 8.46. The predicted molar refractivity (Wildman–Crippen MR) is 79.7 cm³/mol. The Balaban J connectivity index is 1.99. The lowest BCUT2D eigenvalue weighted by atomic mass is 9.88. The van der Waals surface area contributed by atoms with Gasteiger partial charge in [-0.3, -0.25) is 0 Å². The molecule has 6 heteroatoms. The van der Waals surface area contributed by atoms with Crippen LogP contribution in [0.1, 0.15) is 37.0 Å². The van der Waals surface area contributed by atoms with Crippen LogP contribution < -0.4 is 5.32 Å². The van der Waals surface area contributed by atoms with Crippen LogP contribution in [0.2, 0.25) is 5.15 Å². The summed E-state index contributed by atoms with van der Waals surface area (Å²) in [5, 5.41) is 13.3. The summed E-state index contributed by atoms with van der Waals surface area (Å²) in [4.78, 5) is 4.66. The quantitative estimate of drug-likeness (QED) is 0.908. The van der Waals surface area contributed by atoms with Crippen LogP contribution >= 0.6 is 34.7 Å². The summed E-state index contributed by atoms with van der Waals surface area (Å²) < 4.78 is 0.323. The number of aromatic nitrogens is 1. The van der Waals surface area contributed by atoms with E-state index in [-0.39, 0.29) is 0 Å². The number of nitrogens with zero attached hydrogens (tertiary/aromatic N) is 2. The molecule has 1 aromatic heterocycles. The molecule has 1 aliphatic rings. The number of hydrogen-bond donors (Lipinski definition) is 1. The van der Waals surface area contributed by atoms with Gasteiger partial charge in [-0.25, -0.2) is 4.98 Å². The predicted octanol–water partition coefficient (Wildman–Crippen LogP) is 4.15. The molecule has 1 fully saturated rings. The summed E-state index contributed by atoms with van der Waals surface area (Å²) >= 11 is 9.15. The molecule has 0 bridgehead atoms. The molecule has 98 valence electrons. The van der Waals surface area contributed by atoms with Gasteiger partial charge in [-0.15, -0.1) is 0 Å². The first kappa shape index (κ1) is 14.0. The van der Waals surface area contributed by atoms with E-state index >= 15 is 0 Å². The van der Waals surface area contributed by atoms with Crippen LogP contribution in [0.3, 0.4) is 0 Å². The van der Waals surface area contributed by atoms with E-state index < -0.39 is 0 Å². The zero-order chi connectivity index (χ0) is 13.0. The highest BCUT2D eigenvalue weighted by Gasteiger charge is 2.31. The van der Waals surface area contributed by atoms with E-state index in [1.54, 1.807) is 0 Å². The molecule has 0 spiro atoms. The molecule has 1 N–H and O–H groups in total. The number of rotatable bonds is 4. The highest BCUT2D eigenvalue weighted by atomic mass is 35.5. The Kier molecular flexibility index (Phi) is 4.77. The lowest BCUT2D eigenvalue weighted by molar-refractivity contribution is 0.411. The molecule has 2 rings (SSSR count). The first-order chi connectivity index (χ1) is 8.69. The Morgan fingerprint density at radius 2 is 2.22 bits per heavy atom. The minimum atomic E-state index is 0.312. The van der Waals surface area contributed by atoms with Crippen molar-refractivity contribution in [3.05, 3.63) is 10.0 Å². The van der Waals surface area contributed by atoms with E-state index in [0.29, 0.717) is 14.8 Å². The van der Waals surface area contributed by atoms with E-state index in [1.807, 2.05) is 11.8 Å². The molecule has 0 aliphatic heterocycles. The molecule has 0 aromatic carbocycles. The van der Waals surface area contributed by atoms with Crippen molar-refractivity contribution in [3.63, 3.8) is 0 Å². The second-order valence-corrected chi connectivity index (χ2v) is 7.18. The third-order valence-corrected chi connectivity index (χ3v) is 6.17. The average Bonchev–Trinajstić information content (AvgIpc) is 2.78. The van der Waals surface area contributed by atoms with Gasteiger partial charge in [0.05, 0.1) is 0 Å². The highest BCUT2D eigenvalue weighted by molar-refractivity contribution is 8.00. The van der Waals surface area contributed by atoms with Crippen LogP contribution in [0, 0.1) is 11.3 Å². The van der Waals surface area contributed by atoms with E-state index in [9.17, 15) is 0 Å². The smallest absolute Gasteiger partial charge is 0.185 e. The summed E-state index contributed by atoms with van der Waals surface area (Å²) in [6.07, 6.45) is 8.67. The Hall–Kier alpha value is -0.440. The highest BCUT2D eigenvalue weighted by Crippen LogP contribution is 2.39. The van der Waals surface area contributed by atoms with Crippen molar-refractivity contribution in [3.8, 4) is 6.07 Å². The monoisotopic (exact) mass is 301 g/mol. The molecule has 1 aromatic rings. The van der Waals surface area contributed by atoms with Crippen molar-refractivity contribution in [1.29, 1.82) is 5.26 Å². The van der Waals surface area contributed by atoms with Crippen molar-refractivity contribution in [2.24, 2.45) is 0 Å². The van der Waals surface area contributed by atoms with Crippen LogP contribution in [-0.2, 0) is 0 Å². The lowest BCUT2D eigenvalue weighted by Crippen LogP contribution is -2.35. The summed E-state index contributed by atoms with van der Waals surface area (Å²) in [6, 6.07) is 2.06. The average molecular weight is 302 g/mol. The van der Waals surface area contributed by atoms with Gasteiger partial charge in [0.25, 0.3) is 0 Å². The summed E-state index contributed by atoms with van der Waals surface area (Å²) in [5.74, 6) is 0. The molecule has 0 amide bonds. The maximum absolute atomic E-state index is 8.85. The van der Waals surface area contributed by atoms with Crippen molar-refractivity contribution in [1.82, 2.24) is 4.98 Å². The van der Waals surface area contributed by atoms with Crippen LogP contribution in [0.5, 0.6) is 0 Å². The van der Waals surface area contributed by atoms with Gasteiger partial charge in [0.15, 0.2) is 10.3 Å². The van der Waals surface area contributed by atoms with Crippen LogP contribution in [0.25, 0.3) is 0 Å². The molecule has 0 unspecified atom stereocenters. The van der Waals surface area contributed by atoms with Gasteiger partial charge in [-0.2, -0.15) is 17.0 Å². The number of thioether (sulfide) groups is 1. The number of anilines is 1. The molecule has 0 saturated heterocycles. The molecule has 1 aliphatic carbocycles. The minimum Gasteiger partial charge on any atom is -0.360 e. The van der Waals surface area contributed by atoms with Crippen molar-refractivity contribution in [2.75, 3.05) is 18.1 Å². The summed E-state index contributed by atoms with van der Waals surface area (Å²) in [5.41, 5.74) is 0. The fourth-order valence-electron chi connectivity index (χ4n) is 2.33. The fraction of sp³-hybridized carbons (Fsp3) is 0.667. The van der Waals surface area contributed by atoms with Gasteiger partial charge in [0.1, 0.15) is 10.9 Å². The molecular weight excluding hydrogens is 286 g/mol. The Morgan fingerprint density at radius 3 is 2.78 bits per heavy atom. The van der Waals surface area contributed by atoms with Crippen LogP contribution in [0.4, 0.5) is 5.13 Å². The topological polar surface area (TPSA) is 48.7 Å². The molecule has 3 nitrogen and oxygen atoms in total. The second-order valence-electron chi connectivity index (χ2n) is 4.55. The van der Waals surface area contributed by atoms with Crippen molar-refractivity contribution in [2.45, 2.75) is 36.9 Å². The number of thiazole rings is 1. The van der Waals surface area contributed by atoms with Gasteiger partial charge in [0.2, 0.25) is 0 Å². The number of nitrogens with one attached hydrogen (secondary N) is 1. The zero-order valence-electron chi connectivity index (χ0n) is 10.3. The number of nitriles is 1. The standard InChI is InChI=1S/C12H16ClN3S2/c1-17-12(5-3-2-4-6-12)8-15-11-16-10(13)9(7-14)18-11/h2-6,8H2,1H3,(H,15,16). The Bertz CT molecular complexity index is 447. The minimum absolute atomic E-state index is 0.312. The van der Waals surface area contributed by atoms with Gasteiger partial charge >= 0.3 is 0 Å². The third kappa shape index (κ3) is 3.11. The second kappa shape index (κ2) is 6.14. The van der Waals surface area contributed by atoms with Gasteiger partial charge in [0, 0.05) is 11.3 Å². The van der Waals surface area contributed by atoms with E-state index in [0.717, 1.165) is 11.7 Å². The lowest BCUT2D eigenvalue weighted by Gasteiger charge is -2.35. The van der Waals surface area contributed by atoms with E-state index in [1.165, 1.54) is 43.4 Å². The molecule has 1 saturated carbocycles. The van der Waals surface area contributed by atoms with E-state index in [2.05, 4.69) is 22.6 Å². The SMILES string of the molecule is CSC1(CNc2nc(Cl)c(C#N)s2)CCCCC1. The summed E-state index contributed by atoms with van der Waals surface area (Å²) in [6.45, 7) is 0.906. The van der Waals surface area contributed by atoms with Crippen LogP contribution in [0.15, 0.2) is 0 Å². The maximum atomic E-state index is 8.85. The van der Waals surface area contributed by atoms with Gasteiger partial charge in [-0.05, 0) is 19.1 Å². The molecule has 18 heavy (non-hydrogen) atoms. The number of hydrogen-bond acceptors (Lipinski definition) is 5. The molecule has 0 atom stereocenters. The Labute approximate surface area is 121 Å². The Morgan fingerprint density at radius 1 is 1.50 bits per heavy atom. The van der Waals surface area contributed by atoms with Crippen molar-refractivity contribution < 1.29 is 0 Å². The first-order valence-electron chi connectivity index (χ1n) is 6.04. The molecule has 1 heterocycles. The maximum Gasteiger partial charge on any atom is 0.185 e. The van der Waals surface area contributed by atoms with Gasteiger partial charge in [-0.1, -0.05) is 42.2 Å². The fourth-order valence-corrected chi connectivity index (χ4v) is 4.19. The van der Waals surface area contributed by atoms with E-state index in [4.69, 9.17) is 16.9 Å².